The largest absolute Gasteiger partial charge is 0.355 e. The van der Waals surface area contributed by atoms with Gasteiger partial charge in [0.25, 0.3) is 5.91 Å². The van der Waals surface area contributed by atoms with Crippen molar-refractivity contribution in [3.63, 3.8) is 0 Å². The highest BCUT2D eigenvalue weighted by atomic mass is 32.2. The van der Waals surface area contributed by atoms with Gasteiger partial charge in [0.05, 0.1) is 11.3 Å². The van der Waals surface area contributed by atoms with Gasteiger partial charge in [-0.05, 0) is 37.1 Å². The van der Waals surface area contributed by atoms with E-state index in [4.69, 9.17) is 4.52 Å². The van der Waals surface area contributed by atoms with E-state index in [1.165, 1.54) is 18.2 Å². The Hall–Kier alpha value is -3.04. The molecule has 0 spiro atoms. The number of carbonyl (C=O) groups is 1. The zero-order valence-electron chi connectivity index (χ0n) is 16.6. The number of halogens is 1. The molecule has 0 atom stereocenters. The van der Waals surface area contributed by atoms with Gasteiger partial charge in [-0.3, -0.25) is 4.79 Å². The van der Waals surface area contributed by atoms with E-state index in [2.05, 4.69) is 15.2 Å². The SMILES string of the molecule is CC(C)NS(=O)(=O)Cc1ccccc1CNC(=O)c1cc(-c2ccccc2F)on1. The first-order valence-electron chi connectivity index (χ1n) is 9.32. The fraction of sp³-hybridized carbons (Fsp3) is 0.238. The Labute approximate surface area is 174 Å². The van der Waals surface area contributed by atoms with Gasteiger partial charge in [0.15, 0.2) is 11.5 Å². The Kier molecular flexibility index (Phi) is 6.63. The quantitative estimate of drug-likeness (QED) is 0.570. The third-order valence-corrected chi connectivity index (χ3v) is 5.72. The summed E-state index contributed by atoms with van der Waals surface area (Å²) in [6.45, 7) is 3.60. The Morgan fingerprint density at radius 3 is 2.47 bits per heavy atom. The van der Waals surface area contributed by atoms with Crippen LogP contribution in [0.1, 0.15) is 35.5 Å². The van der Waals surface area contributed by atoms with E-state index < -0.39 is 21.7 Å². The molecule has 158 valence electrons. The van der Waals surface area contributed by atoms with Gasteiger partial charge < -0.3 is 9.84 Å². The molecule has 2 N–H and O–H groups in total. The fourth-order valence-electron chi connectivity index (χ4n) is 2.91. The highest BCUT2D eigenvalue weighted by molar-refractivity contribution is 7.88. The molecule has 0 unspecified atom stereocenters. The lowest BCUT2D eigenvalue weighted by atomic mass is 10.1. The number of sulfonamides is 1. The zero-order valence-corrected chi connectivity index (χ0v) is 17.4. The van der Waals surface area contributed by atoms with Gasteiger partial charge in [-0.2, -0.15) is 0 Å². The number of rotatable bonds is 8. The second-order valence-corrected chi connectivity index (χ2v) is 8.79. The van der Waals surface area contributed by atoms with E-state index in [1.54, 1.807) is 50.2 Å². The second kappa shape index (κ2) is 9.19. The first kappa shape index (κ1) is 21.7. The summed E-state index contributed by atoms with van der Waals surface area (Å²) in [6, 6.07) is 14.1. The van der Waals surface area contributed by atoms with Gasteiger partial charge in [-0.1, -0.05) is 41.6 Å². The van der Waals surface area contributed by atoms with Crippen LogP contribution in [0.5, 0.6) is 0 Å². The summed E-state index contributed by atoms with van der Waals surface area (Å²) in [6.07, 6.45) is 0. The average molecular weight is 431 g/mol. The Bertz CT molecular complexity index is 1140. The maximum Gasteiger partial charge on any atom is 0.273 e. The second-order valence-electron chi connectivity index (χ2n) is 7.04. The number of nitrogens with zero attached hydrogens (tertiary/aromatic N) is 1. The molecule has 1 aromatic heterocycles. The smallest absolute Gasteiger partial charge is 0.273 e. The van der Waals surface area contributed by atoms with Gasteiger partial charge >= 0.3 is 0 Å². The number of hydrogen-bond acceptors (Lipinski definition) is 5. The van der Waals surface area contributed by atoms with Gasteiger partial charge in [0, 0.05) is 18.7 Å². The molecule has 1 heterocycles. The van der Waals surface area contributed by atoms with Crippen molar-refractivity contribution in [3.8, 4) is 11.3 Å². The lowest BCUT2D eigenvalue weighted by molar-refractivity contribution is 0.0942. The molecule has 3 rings (SSSR count). The van der Waals surface area contributed by atoms with Crippen molar-refractivity contribution in [2.24, 2.45) is 0 Å². The van der Waals surface area contributed by atoms with E-state index in [9.17, 15) is 17.6 Å². The number of nitrogens with one attached hydrogen (secondary N) is 2. The summed E-state index contributed by atoms with van der Waals surface area (Å²) in [5, 5.41) is 6.39. The number of amides is 1. The first-order valence-corrected chi connectivity index (χ1v) is 11.0. The molecule has 9 heteroatoms. The van der Waals surface area contributed by atoms with Crippen LogP contribution in [-0.4, -0.2) is 25.5 Å². The highest BCUT2D eigenvalue weighted by Crippen LogP contribution is 2.23. The summed E-state index contributed by atoms with van der Waals surface area (Å²) in [4.78, 5) is 12.4. The number of aromatic nitrogens is 1. The highest BCUT2D eigenvalue weighted by Gasteiger charge is 2.18. The lowest BCUT2D eigenvalue weighted by Gasteiger charge is -2.13. The molecular weight excluding hydrogens is 409 g/mol. The molecule has 0 bridgehead atoms. The molecule has 0 fully saturated rings. The van der Waals surface area contributed by atoms with Crippen LogP contribution in [0.15, 0.2) is 59.1 Å². The predicted molar refractivity (Wildman–Crippen MR) is 110 cm³/mol. The van der Waals surface area contributed by atoms with E-state index in [1.807, 2.05) is 0 Å². The maximum atomic E-state index is 13.9. The van der Waals surface area contributed by atoms with Crippen LogP contribution in [0.2, 0.25) is 0 Å². The van der Waals surface area contributed by atoms with E-state index in [-0.39, 0.29) is 35.4 Å². The topological polar surface area (TPSA) is 101 Å². The molecule has 3 aromatic rings. The summed E-state index contributed by atoms with van der Waals surface area (Å²) in [7, 11) is -3.50. The predicted octanol–water partition coefficient (Wildman–Crippen LogP) is 3.24. The molecule has 2 aromatic carbocycles. The third kappa shape index (κ3) is 5.52. The molecule has 30 heavy (non-hydrogen) atoms. The summed E-state index contributed by atoms with van der Waals surface area (Å²) >= 11 is 0. The summed E-state index contributed by atoms with van der Waals surface area (Å²) in [5.41, 5.74) is 1.45. The van der Waals surface area contributed by atoms with Crippen molar-refractivity contribution < 1.29 is 22.1 Å². The van der Waals surface area contributed by atoms with Crippen LogP contribution >= 0.6 is 0 Å². The monoisotopic (exact) mass is 431 g/mol. The average Bonchev–Trinajstić information content (AvgIpc) is 3.16. The fourth-order valence-corrected chi connectivity index (χ4v) is 4.41. The minimum atomic E-state index is -3.50. The van der Waals surface area contributed by atoms with E-state index >= 15 is 0 Å². The number of hydrogen-bond donors (Lipinski definition) is 2. The molecule has 7 nitrogen and oxygen atoms in total. The van der Waals surface area contributed by atoms with Crippen LogP contribution in [-0.2, 0) is 22.3 Å². The first-order chi connectivity index (χ1) is 14.2. The van der Waals surface area contributed by atoms with E-state index in [0.29, 0.717) is 11.1 Å². The summed E-state index contributed by atoms with van der Waals surface area (Å²) < 4.78 is 46.0. The molecule has 0 radical (unpaired) electrons. The van der Waals surface area contributed by atoms with Gasteiger partial charge in [-0.25, -0.2) is 17.5 Å². The zero-order chi connectivity index (χ0) is 21.7. The number of carbonyl (C=O) groups excluding carboxylic acids is 1. The van der Waals surface area contributed by atoms with Crippen LogP contribution in [0.3, 0.4) is 0 Å². The Morgan fingerprint density at radius 2 is 1.77 bits per heavy atom. The van der Waals surface area contributed by atoms with Gasteiger partial charge in [-0.15, -0.1) is 0 Å². The van der Waals surface area contributed by atoms with Crippen molar-refractivity contribution in [1.29, 1.82) is 0 Å². The lowest BCUT2D eigenvalue weighted by Crippen LogP contribution is -2.32. The summed E-state index contributed by atoms with van der Waals surface area (Å²) in [5.74, 6) is -1.05. The molecule has 0 aliphatic rings. The number of benzene rings is 2. The van der Waals surface area contributed by atoms with Crippen LogP contribution < -0.4 is 10.0 Å². The van der Waals surface area contributed by atoms with Crippen molar-refractivity contribution >= 4 is 15.9 Å². The van der Waals surface area contributed by atoms with E-state index in [0.717, 1.165) is 0 Å². The van der Waals surface area contributed by atoms with Crippen LogP contribution in [0, 0.1) is 5.82 Å². The van der Waals surface area contributed by atoms with Gasteiger partial charge in [0.2, 0.25) is 10.0 Å². The van der Waals surface area contributed by atoms with Crippen molar-refractivity contribution in [2.75, 3.05) is 0 Å². The normalized spacial score (nSPS) is 11.6. The van der Waals surface area contributed by atoms with Crippen molar-refractivity contribution in [2.45, 2.75) is 32.2 Å². The van der Waals surface area contributed by atoms with Crippen molar-refractivity contribution in [3.05, 3.63) is 77.2 Å². The minimum absolute atomic E-state index is 0.000157. The van der Waals surface area contributed by atoms with Crippen LogP contribution in [0.25, 0.3) is 11.3 Å². The molecule has 1 amide bonds. The maximum absolute atomic E-state index is 13.9. The standard InChI is InChI=1S/C21H22FN3O4S/c1-14(2)25-30(27,28)13-16-8-4-3-7-15(16)12-23-21(26)19-11-20(29-24-19)17-9-5-6-10-18(17)22/h3-11,14,25H,12-13H2,1-2H3,(H,23,26). The Morgan fingerprint density at radius 1 is 1.10 bits per heavy atom. The molecular formula is C21H22FN3O4S. The van der Waals surface area contributed by atoms with Gasteiger partial charge in [0.1, 0.15) is 5.82 Å². The molecule has 0 saturated heterocycles. The minimum Gasteiger partial charge on any atom is -0.355 e. The van der Waals surface area contributed by atoms with Crippen molar-refractivity contribution in [1.82, 2.24) is 15.2 Å². The molecule has 0 aliphatic carbocycles. The van der Waals surface area contributed by atoms with Crippen LogP contribution in [0.4, 0.5) is 4.39 Å². The Balaban J connectivity index is 1.70. The molecule has 0 saturated carbocycles. The third-order valence-electron chi connectivity index (χ3n) is 4.20. The molecule has 0 aliphatic heterocycles.